The molecule has 6 atom stereocenters. The molecule has 6 amide bonds. The van der Waals surface area contributed by atoms with Gasteiger partial charge < -0.3 is 59.0 Å². The Labute approximate surface area is 612 Å². The Bertz CT molecular complexity index is 4290. The molecular weight excluding hydrogens is 1430 g/mol. The van der Waals surface area contributed by atoms with Gasteiger partial charge in [0.15, 0.2) is 0 Å². The number of aromatic nitrogens is 6. The largest absolute Gasteiger partial charge is 0.416 e. The average Bonchev–Trinajstić information content (AvgIpc) is 1.63. The first-order valence-corrected chi connectivity index (χ1v) is 34.8. The predicted octanol–water partition coefficient (Wildman–Crippen LogP) is 10.2. The zero-order valence-electron chi connectivity index (χ0n) is 58.9. The van der Waals surface area contributed by atoms with Crippen LogP contribution in [0, 0.1) is 0 Å². The van der Waals surface area contributed by atoms with Gasteiger partial charge in [-0.2, -0.15) is 39.5 Å². The van der Waals surface area contributed by atoms with Gasteiger partial charge >= 0.3 is 18.5 Å². The average molecular weight is 1510 g/mol. The number of nitrogens with one attached hydrogen (secondary N) is 3. The Kier molecular flexibility index (Phi) is 25.5. The number of hydrogen-bond acceptors (Lipinski definition) is 15. The molecule has 3 aliphatic rings. The molecule has 3 saturated heterocycles. The Balaban J connectivity index is 0.000000173. The zero-order chi connectivity index (χ0) is 78.1. The third-order valence-electron chi connectivity index (χ3n) is 19.2. The van der Waals surface area contributed by atoms with E-state index >= 15 is 0 Å². The first kappa shape index (κ1) is 80.2. The number of carbonyl (C=O) groups is 6. The normalized spacial score (nSPS) is 17.4. The molecule has 576 valence electrons. The van der Waals surface area contributed by atoms with Crippen LogP contribution in [0.2, 0.25) is 0 Å². The first-order valence-electron chi connectivity index (χ1n) is 34.8. The molecule has 108 heavy (non-hydrogen) atoms. The van der Waals surface area contributed by atoms with Crippen molar-refractivity contribution in [1.29, 1.82) is 0 Å². The van der Waals surface area contributed by atoms with Crippen LogP contribution in [0.25, 0.3) is 33.1 Å². The summed E-state index contributed by atoms with van der Waals surface area (Å²) in [5.74, 6) is -2.94. The van der Waals surface area contributed by atoms with Crippen LogP contribution in [-0.2, 0) is 52.5 Å². The molecule has 0 bridgehead atoms. The van der Waals surface area contributed by atoms with Gasteiger partial charge in [0, 0.05) is 77.1 Å². The van der Waals surface area contributed by atoms with E-state index in [2.05, 4.69) is 30.9 Å². The monoisotopic (exact) mass is 1510 g/mol. The third kappa shape index (κ3) is 19.1. The minimum Gasteiger partial charge on any atom is -0.394 e. The Morgan fingerprint density at radius 1 is 0.417 bits per heavy atom. The summed E-state index contributed by atoms with van der Waals surface area (Å²) >= 11 is 0. The van der Waals surface area contributed by atoms with Crippen molar-refractivity contribution in [3.05, 3.63) is 177 Å². The number of aryl methyl sites for hydroxylation is 3. The summed E-state index contributed by atoms with van der Waals surface area (Å²) in [6.45, 7) is 1.31. The SMILES string of the molecule is CN1CCCC(c2ccc3c(c2)nc(NC(=O)c2cccc(C(F)(F)F)c2)n3CCC(O)CO)C1=O.CN1CCCC(c2ccc3c(c2)nc(NC(=O)c2cccc(C(F)(F)F)c2)n3CCC(O)CO)C1=O.CN1CCCC(c2ccc3c(c2)nc(NC(=O)c2cccc(C(F)(F)F)c2)n3CCC(O)CO)C1=O. The Morgan fingerprint density at radius 2 is 0.676 bits per heavy atom. The van der Waals surface area contributed by atoms with E-state index < -0.39 is 91.1 Å². The smallest absolute Gasteiger partial charge is 0.394 e. The first-order chi connectivity index (χ1) is 51.2. The number of imidazole rings is 3. The molecule has 0 aliphatic carbocycles. The quantitative estimate of drug-likeness (QED) is 0.0302. The number of halogens is 9. The van der Waals surface area contributed by atoms with E-state index in [1.807, 2.05) is 18.2 Å². The van der Waals surface area contributed by atoms with Crippen LogP contribution in [0.4, 0.5) is 57.4 Å². The highest BCUT2D eigenvalue weighted by Crippen LogP contribution is 2.38. The lowest BCUT2D eigenvalue weighted by atomic mass is 9.90. The number of amides is 6. The highest BCUT2D eigenvalue weighted by Gasteiger charge is 2.36. The van der Waals surface area contributed by atoms with E-state index in [4.69, 9.17) is 0 Å². The maximum absolute atomic E-state index is 13.1. The van der Waals surface area contributed by atoms with Crippen LogP contribution < -0.4 is 16.0 Å². The summed E-state index contributed by atoms with van der Waals surface area (Å²) < 4.78 is 123. The molecule has 0 spiro atoms. The molecule has 12 rings (SSSR count). The van der Waals surface area contributed by atoms with Crippen LogP contribution in [0.3, 0.4) is 0 Å². The Hall–Kier alpha value is -10.3. The number of alkyl halides is 9. The molecule has 33 heteroatoms. The van der Waals surface area contributed by atoms with Crippen molar-refractivity contribution in [2.45, 2.75) is 132 Å². The fourth-order valence-corrected chi connectivity index (χ4v) is 13.2. The van der Waals surface area contributed by atoms with Crippen LogP contribution in [0.5, 0.6) is 0 Å². The van der Waals surface area contributed by atoms with E-state index in [0.29, 0.717) is 72.0 Å². The van der Waals surface area contributed by atoms with E-state index in [-0.39, 0.29) is 109 Å². The number of aliphatic hydroxyl groups excluding tert-OH is 6. The van der Waals surface area contributed by atoms with Crippen LogP contribution in [0.1, 0.15) is 140 Å². The Morgan fingerprint density at radius 3 is 0.917 bits per heavy atom. The van der Waals surface area contributed by atoms with Crippen molar-refractivity contribution >= 4 is 86.4 Å². The molecule has 6 heterocycles. The number of carbonyl (C=O) groups excluding carboxylic acids is 6. The number of aliphatic hydroxyl groups is 6. The molecule has 6 unspecified atom stereocenters. The van der Waals surface area contributed by atoms with Crippen LogP contribution in [0.15, 0.2) is 127 Å². The standard InChI is InChI=1S/3C25H27F3N4O4/c3*1-31-10-3-6-19(23(31)36)15-7-8-21-20(13-15)29-24(32(21)11-9-18(34)14-33)30-22(35)16-4-2-5-17(12-16)25(26,27)28/h3*2,4-5,7-8,12-13,18-19,33-34H,3,6,9-11,14H2,1H3,(H,29,30,35). The number of piperidine rings is 3. The second-order valence-electron chi connectivity index (χ2n) is 26.8. The highest BCUT2D eigenvalue weighted by molar-refractivity contribution is 6.06. The van der Waals surface area contributed by atoms with Crippen molar-refractivity contribution in [1.82, 2.24) is 43.4 Å². The van der Waals surface area contributed by atoms with Gasteiger partial charge in [-0.15, -0.1) is 0 Å². The second kappa shape index (κ2) is 34.3. The van der Waals surface area contributed by atoms with Gasteiger partial charge in [0.05, 0.1) is 106 Å². The van der Waals surface area contributed by atoms with Crippen molar-refractivity contribution < 1.29 is 98.9 Å². The van der Waals surface area contributed by atoms with E-state index in [0.717, 1.165) is 90.6 Å². The van der Waals surface area contributed by atoms with Gasteiger partial charge in [0.1, 0.15) is 0 Å². The lowest BCUT2D eigenvalue weighted by molar-refractivity contribution is -0.138. The summed E-state index contributed by atoms with van der Waals surface area (Å²) in [4.78, 5) is 95.0. The van der Waals surface area contributed by atoms with Crippen molar-refractivity contribution in [2.24, 2.45) is 0 Å². The van der Waals surface area contributed by atoms with Gasteiger partial charge in [-0.05, 0) is 165 Å². The third-order valence-corrected chi connectivity index (χ3v) is 19.2. The molecule has 9 aromatic rings. The van der Waals surface area contributed by atoms with Gasteiger partial charge in [-0.3, -0.25) is 44.7 Å². The van der Waals surface area contributed by atoms with Gasteiger partial charge in [0.25, 0.3) is 17.7 Å². The number of likely N-dealkylation sites (N-methyl/N-ethyl adjacent to an activating group) is 3. The molecular formula is C75H81F9N12O12. The van der Waals surface area contributed by atoms with E-state index in [1.165, 1.54) is 18.2 Å². The molecule has 6 aromatic carbocycles. The molecule has 3 aromatic heterocycles. The highest BCUT2D eigenvalue weighted by atomic mass is 19.4. The van der Waals surface area contributed by atoms with Crippen LogP contribution in [-0.4, -0.2) is 188 Å². The lowest BCUT2D eigenvalue weighted by Crippen LogP contribution is -2.36. The minimum atomic E-state index is -4.59. The van der Waals surface area contributed by atoms with Gasteiger partial charge in [0.2, 0.25) is 35.6 Å². The van der Waals surface area contributed by atoms with Crippen molar-refractivity contribution in [3.63, 3.8) is 0 Å². The fraction of sp³-hybridized carbons (Fsp3) is 0.400. The van der Waals surface area contributed by atoms with Crippen molar-refractivity contribution in [3.8, 4) is 0 Å². The number of hydrogen-bond donors (Lipinski definition) is 9. The maximum atomic E-state index is 13.1. The number of anilines is 3. The second-order valence-corrected chi connectivity index (χ2v) is 26.8. The van der Waals surface area contributed by atoms with E-state index in [1.54, 1.807) is 85.9 Å². The minimum absolute atomic E-state index is 0.0178. The summed E-state index contributed by atoms with van der Waals surface area (Å²) in [5, 5.41) is 64.8. The zero-order valence-corrected chi connectivity index (χ0v) is 58.9. The molecule has 0 radical (unpaired) electrons. The molecule has 0 saturated carbocycles. The summed E-state index contributed by atoms with van der Waals surface area (Å²) in [6.07, 6.45) is -11.6. The molecule has 9 N–H and O–H groups in total. The lowest BCUT2D eigenvalue weighted by Gasteiger charge is -2.29. The number of benzene rings is 6. The topological polar surface area (TPSA) is 323 Å². The molecule has 24 nitrogen and oxygen atoms in total. The number of likely N-dealkylation sites (tertiary alicyclic amines) is 3. The summed E-state index contributed by atoms with van der Waals surface area (Å²) in [7, 11) is 5.28. The van der Waals surface area contributed by atoms with Crippen LogP contribution >= 0.6 is 0 Å². The molecule has 3 aliphatic heterocycles. The van der Waals surface area contributed by atoms with Gasteiger partial charge in [-0.25, -0.2) is 15.0 Å². The van der Waals surface area contributed by atoms with Gasteiger partial charge in [-0.1, -0.05) is 36.4 Å². The van der Waals surface area contributed by atoms with Crippen molar-refractivity contribution in [2.75, 3.05) is 76.5 Å². The number of nitrogens with zero attached hydrogens (tertiary/aromatic N) is 9. The maximum Gasteiger partial charge on any atom is 0.416 e. The van der Waals surface area contributed by atoms with E-state index in [9.17, 15) is 98.9 Å². The number of fused-ring (bicyclic) bond motifs is 3. The summed E-state index contributed by atoms with van der Waals surface area (Å²) in [6, 6.07) is 28.3. The molecule has 3 fully saturated rings. The summed E-state index contributed by atoms with van der Waals surface area (Å²) in [5.41, 5.74) is 2.29. The fourth-order valence-electron chi connectivity index (χ4n) is 13.2. The predicted molar refractivity (Wildman–Crippen MR) is 379 cm³/mol. The number of rotatable bonds is 21.